The van der Waals surface area contributed by atoms with Gasteiger partial charge in [0.1, 0.15) is 0 Å². The van der Waals surface area contributed by atoms with Crippen molar-refractivity contribution in [1.29, 1.82) is 0 Å². The Bertz CT molecular complexity index is 341. The van der Waals surface area contributed by atoms with Gasteiger partial charge in [-0.25, -0.2) is 0 Å². The van der Waals surface area contributed by atoms with Gasteiger partial charge in [-0.15, -0.1) is 13.2 Å². The SMILES string of the molecule is C=C.CC(C)(OC=O)C(=O)c1ccccc1. The van der Waals surface area contributed by atoms with Gasteiger partial charge in [-0.1, -0.05) is 30.3 Å². The minimum absolute atomic E-state index is 0.204. The predicted octanol–water partition coefficient (Wildman–Crippen LogP) is 2.62. The molecule has 0 spiro atoms. The molecule has 0 aliphatic carbocycles. The summed E-state index contributed by atoms with van der Waals surface area (Å²) >= 11 is 0. The van der Waals surface area contributed by atoms with Crippen LogP contribution in [0.2, 0.25) is 0 Å². The van der Waals surface area contributed by atoms with Crippen LogP contribution in [0.5, 0.6) is 0 Å². The lowest BCUT2D eigenvalue weighted by atomic mass is 9.97. The molecule has 3 heteroatoms. The molecule has 0 fully saturated rings. The first-order chi connectivity index (χ1) is 7.58. The monoisotopic (exact) mass is 220 g/mol. The van der Waals surface area contributed by atoms with E-state index in [9.17, 15) is 9.59 Å². The third-order valence-corrected chi connectivity index (χ3v) is 1.93. The molecular weight excluding hydrogens is 204 g/mol. The smallest absolute Gasteiger partial charge is 0.294 e. The van der Waals surface area contributed by atoms with Crippen LogP contribution in [0.3, 0.4) is 0 Å². The molecule has 16 heavy (non-hydrogen) atoms. The number of rotatable bonds is 4. The van der Waals surface area contributed by atoms with E-state index in [0.717, 1.165) is 0 Å². The van der Waals surface area contributed by atoms with Gasteiger partial charge in [0.2, 0.25) is 5.78 Å². The predicted molar refractivity (Wildman–Crippen MR) is 63.3 cm³/mol. The molecule has 1 rings (SSSR count). The van der Waals surface area contributed by atoms with Crippen molar-refractivity contribution in [2.75, 3.05) is 0 Å². The molecule has 1 aromatic rings. The van der Waals surface area contributed by atoms with Crippen molar-refractivity contribution in [3.05, 3.63) is 49.1 Å². The molecule has 0 atom stereocenters. The van der Waals surface area contributed by atoms with Crippen LogP contribution in [-0.4, -0.2) is 17.9 Å². The van der Waals surface area contributed by atoms with Crippen LogP contribution in [-0.2, 0) is 9.53 Å². The second-order valence-corrected chi connectivity index (χ2v) is 3.42. The van der Waals surface area contributed by atoms with E-state index in [0.29, 0.717) is 12.0 Å². The van der Waals surface area contributed by atoms with Crippen molar-refractivity contribution in [3.63, 3.8) is 0 Å². The Morgan fingerprint density at radius 2 is 1.75 bits per heavy atom. The van der Waals surface area contributed by atoms with Gasteiger partial charge in [-0.2, -0.15) is 0 Å². The van der Waals surface area contributed by atoms with E-state index in [1.807, 2.05) is 6.07 Å². The van der Waals surface area contributed by atoms with Crippen molar-refractivity contribution in [1.82, 2.24) is 0 Å². The number of carbonyl (C=O) groups excluding carboxylic acids is 2. The Hall–Kier alpha value is -1.90. The third kappa shape index (κ3) is 3.69. The van der Waals surface area contributed by atoms with Crippen molar-refractivity contribution >= 4 is 12.3 Å². The van der Waals surface area contributed by atoms with Crippen LogP contribution in [0, 0.1) is 0 Å². The lowest BCUT2D eigenvalue weighted by Crippen LogP contribution is -2.34. The standard InChI is InChI=1S/C11H12O3.C2H4/c1-11(2,14-8-12)10(13)9-6-4-3-5-7-9;1-2/h3-8H,1-2H3;1-2H2. The first-order valence-electron chi connectivity index (χ1n) is 4.79. The molecule has 0 radical (unpaired) electrons. The highest BCUT2D eigenvalue weighted by Gasteiger charge is 2.29. The lowest BCUT2D eigenvalue weighted by molar-refractivity contribution is -0.136. The number of Topliss-reactive ketones (excluding diaryl/α,β-unsaturated/α-hetero) is 1. The number of ketones is 1. The normalized spacial score (nSPS) is 9.62. The molecule has 0 saturated carbocycles. The number of hydrogen-bond acceptors (Lipinski definition) is 3. The summed E-state index contributed by atoms with van der Waals surface area (Å²) in [7, 11) is 0. The molecule has 86 valence electrons. The van der Waals surface area contributed by atoms with Gasteiger partial charge in [0.25, 0.3) is 6.47 Å². The van der Waals surface area contributed by atoms with Crippen LogP contribution >= 0.6 is 0 Å². The third-order valence-electron chi connectivity index (χ3n) is 1.93. The van der Waals surface area contributed by atoms with E-state index >= 15 is 0 Å². The van der Waals surface area contributed by atoms with Gasteiger partial charge in [-0.3, -0.25) is 9.59 Å². The van der Waals surface area contributed by atoms with E-state index in [1.54, 1.807) is 38.1 Å². The molecule has 0 unspecified atom stereocenters. The van der Waals surface area contributed by atoms with Crippen LogP contribution < -0.4 is 0 Å². The minimum Gasteiger partial charge on any atom is -0.453 e. The fourth-order valence-electron chi connectivity index (χ4n) is 1.11. The molecule has 0 heterocycles. The number of benzene rings is 1. The molecule has 0 aliphatic rings. The van der Waals surface area contributed by atoms with E-state index in [2.05, 4.69) is 13.2 Å². The van der Waals surface area contributed by atoms with E-state index in [4.69, 9.17) is 4.74 Å². The molecular formula is C13H16O3. The number of carbonyl (C=O) groups is 2. The summed E-state index contributed by atoms with van der Waals surface area (Å²) in [5.41, 5.74) is -0.553. The summed E-state index contributed by atoms with van der Waals surface area (Å²) in [6.45, 7) is 9.42. The van der Waals surface area contributed by atoms with Gasteiger partial charge >= 0.3 is 0 Å². The Morgan fingerprint density at radius 3 is 2.19 bits per heavy atom. The van der Waals surface area contributed by atoms with Gasteiger partial charge in [-0.05, 0) is 13.8 Å². The van der Waals surface area contributed by atoms with Gasteiger partial charge in [0.15, 0.2) is 5.60 Å². The maximum atomic E-state index is 11.8. The molecule has 0 aliphatic heterocycles. The summed E-state index contributed by atoms with van der Waals surface area (Å²) in [6, 6.07) is 8.75. The summed E-state index contributed by atoms with van der Waals surface area (Å²) in [5.74, 6) is -0.204. The molecule has 0 N–H and O–H groups in total. The summed E-state index contributed by atoms with van der Waals surface area (Å²) < 4.78 is 4.72. The highest BCUT2D eigenvalue weighted by molar-refractivity contribution is 6.02. The Balaban J connectivity index is 0.00000106. The second kappa shape index (κ2) is 6.56. The first-order valence-corrected chi connectivity index (χ1v) is 4.79. The van der Waals surface area contributed by atoms with Crippen molar-refractivity contribution in [2.45, 2.75) is 19.4 Å². The largest absolute Gasteiger partial charge is 0.453 e. The van der Waals surface area contributed by atoms with Crippen molar-refractivity contribution in [2.24, 2.45) is 0 Å². The van der Waals surface area contributed by atoms with E-state index in [-0.39, 0.29) is 5.78 Å². The summed E-state index contributed by atoms with van der Waals surface area (Å²) in [4.78, 5) is 22.0. The van der Waals surface area contributed by atoms with Gasteiger partial charge in [0, 0.05) is 5.56 Å². The fourth-order valence-corrected chi connectivity index (χ4v) is 1.11. The van der Waals surface area contributed by atoms with Crippen molar-refractivity contribution in [3.8, 4) is 0 Å². The Kier molecular flexibility index (Phi) is 5.78. The summed E-state index contributed by atoms with van der Waals surface area (Å²) in [5, 5.41) is 0. The molecule has 1 aromatic carbocycles. The Morgan fingerprint density at radius 1 is 1.25 bits per heavy atom. The average Bonchev–Trinajstić information content (AvgIpc) is 2.32. The zero-order valence-electron chi connectivity index (χ0n) is 9.60. The van der Waals surface area contributed by atoms with Crippen LogP contribution in [0.15, 0.2) is 43.5 Å². The van der Waals surface area contributed by atoms with Crippen LogP contribution in [0.25, 0.3) is 0 Å². The topological polar surface area (TPSA) is 43.4 Å². The summed E-state index contributed by atoms with van der Waals surface area (Å²) in [6.07, 6.45) is 0. The fraction of sp³-hybridized carbons (Fsp3) is 0.231. The lowest BCUT2D eigenvalue weighted by Gasteiger charge is -2.20. The highest BCUT2D eigenvalue weighted by Crippen LogP contribution is 2.15. The van der Waals surface area contributed by atoms with Crippen LogP contribution in [0.4, 0.5) is 0 Å². The minimum atomic E-state index is -1.09. The zero-order chi connectivity index (χ0) is 12.6. The highest BCUT2D eigenvalue weighted by atomic mass is 16.5. The maximum absolute atomic E-state index is 11.8. The molecule has 0 aromatic heterocycles. The average molecular weight is 220 g/mol. The van der Waals surface area contributed by atoms with Gasteiger partial charge < -0.3 is 4.74 Å². The van der Waals surface area contributed by atoms with E-state index < -0.39 is 5.60 Å². The molecule has 0 saturated heterocycles. The maximum Gasteiger partial charge on any atom is 0.294 e. The molecule has 0 amide bonds. The van der Waals surface area contributed by atoms with Crippen molar-refractivity contribution < 1.29 is 14.3 Å². The first kappa shape index (κ1) is 14.1. The zero-order valence-corrected chi connectivity index (χ0v) is 9.60. The van der Waals surface area contributed by atoms with Crippen LogP contribution in [0.1, 0.15) is 24.2 Å². The molecule has 3 nitrogen and oxygen atoms in total. The Labute approximate surface area is 95.7 Å². The number of hydrogen-bond donors (Lipinski definition) is 0. The van der Waals surface area contributed by atoms with Gasteiger partial charge in [0.05, 0.1) is 0 Å². The van der Waals surface area contributed by atoms with E-state index in [1.165, 1.54) is 0 Å². The second-order valence-electron chi connectivity index (χ2n) is 3.42. The number of ether oxygens (including phenoxy) is 1. The quantitative estimate of drug-likeness (QED) is 0.445. The molecule has 0 bridgehead atoms.